The van der Waals surface area contributed by atoms with Crippen molar-refractivity contribution >= 4 is 16.8 Å². The summed E-state index contributed by atoms with van der Waals surface area (Å²) in [6.45, 7) is 2.18. The highest BCUT2D eigenvalue weighted by Gasteiger charge is 2.32. The summed E-state index contributed by atoms with van der Waals surface area (Å²) in [7, 11) is 0. The van der Waals surface area contributed by atoms with Crippen LogP contribution in [0.25, 0.3) is 11.1 Å². The predicted octanol–water partition coefficient (Wildman–Crippen LogP) is 2.92. The number of fused-ring (bicyclic) bond motifs is 1. The summed E-state index contributed by atoms with van der Waals surface area (Å²) >= 11 is 0. The molecule has 1 unspecified atom stereocenters. The van der Waals surface area contributed by atoms with Gasteiger partial charge < -0.3 is 10.2 Å². The standard InChI is InChI=1S/C12H14N2O/c1-7(8-5-6-8)12-14-11-9(13)3-2-4-10(11)15-12/h2-4,7-8H,5-6,13H2,1H3. The van der Waals surface area contributed by atoms with Gasteiger partial charge >= 0.3 is 0 Å². The zero-order chi connectivity index (χ0) is 10.4. The molecule has 1 aromatic heterocycles. The molecule has 1 heterocycles. The Hall–Kier alpha value is -1.51. The summed E-state index contributed by atoms with van der Waals surface area (Å²) in [6.07, 6.45) is 2.60. The fourth-order valence-corrected chi connectivity index (χ4v) is 1.98. The van der Waals surface area contributed by atoms with Crippen LogP contribution in [-0.4, -0.2) is 4.98 Å². The van der Waals surface area contributed by atoms with E-state index in [1.807, 2.05) is 18.2 Å². The van der Waals surface area contributed by atoms with Crippen LogP contribution in [0, 0.1) is 5.92 Å². The van der Waals surface area contributed by atoms with E-state index in [0.29, 0.717) is 11.6 Å². The van der Waals surface area contributed by atoms with Gasteiger partial charge in [-0.25, -0.2) is 4.98 Å². The molecule has 3 nitrogen and oxygen atoms in total. The molecule has 0 aliphatic heterocycles. The molecule has 0 bridgehead atoms. The summed E-state index contributed by atoms with van der Waals surface area (Å²) in [4.78, 5) is 4.48. The minimum atomic E-state index is 0.428. The first-order chi connectivity index (χ1) is 7.25. The van der Waals surface area contributed by atoms with Crippen LogP contribution in [0.4, 0.5) is 5.69 Å². The third kappa shape index (κ3) is 1.39. The Morgan fingerprint density at radius 2 is 2.27 bits per heavy atom. The molecule has 2 N–H and O–H groups in total. The lowest BCUT2D eigenvalue weighted by atomic mass is 10.1. The van der Waals surface area contributed by atoms with Gasteiger partial charge in [0, 0.05) is 5.92 Å². The van der Waals surface area contributed by atoms with E-state index in [1.165, 1.54) is 12.8 Å². The highest BCUT2D eigenvalue weighted by molar-refractivity contribution is 5.85. The quantitative estimate of drug-likeness (QED) is 0.762. The second-order valence-electron chi connectivity index (χ2n) is 4.37. The number of rotatable bonds is 2. The van der Waals surface area contributed by atoms with Gasteiger partial charge in [-0.2, -0.15) is 0 Å². The molecule has 3 heteroatoms. The monoisotopic (exact) mass is 202 g/mol. The maximum absolute atomic E-state index is 5.84. The van der Waals surface area contributed by atoms with Gasteiger partial charge in [-0.1, -0.05) is 13.0 Å². The van der Waals surface area contributed by atoms with Gasteiger partial charge in [0.25, 0.3) is 0 Å². The zero-order valence-electron chi connectivity index (χ0n) is 8.73. The van der Waals surface area contributed by atoms with Crippen molar-refractivity contribution < 1.29 is 4.42 Å². The number of nitrogen functional groups attached to an aromatic ring is 1. The summed E-state index contributed by atoms with van der Waals surface area (Å²) in [5.74, 6) is 2.03. The van der Waals surface area contributed by atoms with Crippen molar-refractivity contribution in [3.8, 4) is 0 Å². The molecule has 0 amide bonds. The van der Waals surface area contributed by atoms with E-state index in [1.54, 1.807) is 0 Å². The number of oxazole rings is 1. The SMILES string of the molecule is CC(c1nc2c(N)cccc2o1)C1CC1. The Morgan fingerprint density at radius 1 is 1.47 bits per heavy atom. The molecule has 0 radical (unpaired) electrons. The second kappa shape index (κ2) is 2.99. The molecule has 1 aromatic carbocycles. The van der Waals surface area contributed by atoms with Crippen LogP contribution >= 0.6 is 0 Å². The van der Waals surface area contributed by atoms with Crippen LogP contribution in [0.2, 0.25) is 0 Å². The molecular formula is C12H14N2O. The number of nitrogens with zero attached hydrogens (tertiary/aromatic N) is 1. The van der Waals surface area contributed by atoms with Crippen LogP contribution in [0.3, 0.4) is 0 Å². The van der Waals surface area contributed by atoms with Crippen LogP contribution < -0.4 is 5.73 Å². The molecule has 2 aromatic rings. The molecule has 1 saturated carbocycles. The van der Waals surface area contributed by atoms with E-state index in [0.717, 1.165) is 22.9 Å². The maximum Gasteiger partial charge on any atom is 0.198 e. The molecule has 1 fully saturated rings. The third-order valence-electron chi connectivity index (χ3n) is 3.19. The number of hydrogen-bond donors (Lipinski definition) is 1. The number of anilines is 1. The van der Waals surface area contributed by atoms with Gasteiger partial charge in [0.05, 0.1) is 5.69 Å². The minimum Gasteiger partial charge on any atom is -0.440 e. The molecule has 15 heavy (non-hydrogen) atoms. The number of para-hydroxylation sites is 1. The van der Waals surface area contributed by atoms with Crippen molar-refractivity contribution in [2.45, 2.75) is 25.7 Å². The van der Waals surface area contributed by atoms with E-state index in [9.17, 15) is 0 Å². The number of nitrogens with two attached hydrogens (primary N) is 1. The fraction of sp³-hybridized carbons (Fsp3) is 0.417. The number of aromatic nitrogens is 1. The second-order valence-corrected chi connectivity index (χ2v) is 4.37. The first kappa shape index (κ1) is 8.77. The lowest BCUT2D eigenvalue weighted by Crippen LogP contribution is -1.95. The van der Waals surface area contributed by atoms with E-state index in [-0.39, 0.29) is 0 Å². The van der Waals surface area contributed by atoms with Crippen LogP contribution in [0.5, 0.6) is 0 Å². The van der Waals surface area contributed by atoms with Gasteiger partial charge in [0.2, 0.25) is 0 Å². The summed E-state index contributed by atoms with van der Waals surface area (Å²) in [6, 6.07) is 5.67. The van der Waals surface area contributed by atoms with E-state index in [4.69, 9.17) is 10.2 Å². The van der Waals surface area contributed by atoms with Gasteiger partial charge in [0.15, 0.2) is 11.5 Å². The summed E-state index contributed by atoms with van der Waals surface area (Å²) in [5.41, 5.74) is 8.15. The molecule has 0 saturated heterocycles. The van der Waals surface area contributed by atoms with Crippen LogP contribution in [0.15, 0.2) is 22.6 Å². The lowest BCUT2D eigenvalue weighted by Gasteiger charge is -2.02. The highest BCUT2D eigenvalue weighted by Crippen LogP contribution is 2.42. The van der Waals surface area contributed by atoms with Crippen molar-refractivity contribution in [2.75, 3.05) is 5.73 Å². The minimum absolute atomic E-state index is 0.428. The zero-order valence-corrected chi connectivity index (χ0v) is 8.73. The average Bonchev–Trinajstić information content (AvgIpc) is 2.97. The number of benzene rings is 1. The Kier molecular flexibility index (Phi) is 1.75. The van der Waals surface area contributed by atoms with Gasteiger partial charge in [-0.3, -0.25) is 0 Å². The average molecular weight is 202 g/mol. The molecule has 1 aliphatic carbocycles. The maximum atomic E-state index is 5.84. The van der Waals surface area contributed by atoms with Crippen molar-refractivity contribution in [3.05, 3.63) is 24.1 Å². The van der Waals surface area contributed by atoms with Crippen LogP contribution in [-0.2, 0) is 0 Å². The van der Waals surface area contributed by atoms with Crippen molar-refractivity contribution in [3.63, 3.8) is 0 Å². The smallest absolute Gasteiger partial charge is 0.198 e. The predicted molar refractivity (Wildman–Crippen MR) is 59.6 cm³/mol. The number of hydrogen-bond acceptors (Lipinski definition) is 3. The molecule has 3 rings (SSSR count). The first-order valence-corrected chi connectivity index (χ1v) is 5.40. The molecular weight excluding hydrogens is 188 g/mol. The lowest BCUT2D eigenvalue weighted by molar-refractivity contribution is 0.460. The van der Waals surface area contributed by atoms with Crippen molar-refractivity contribution in [1.82, 2.24) is 4.98 Å². The van der Waals surface area contributed by atoms with Gasteiger partial charge in [-0.05, 0) is 30.9 Å². The molecule has 1 atom stereocenters. The molecule has 0 spiro atoms. The van der Waals surface area contributed by atoms with Crippen molar-refractivity contribution in [2.24, 2.45) is 5.92 Å². The topological polar surface area (TPSA) is 52.0 Å². The summed E-state index contributed by atoms with van der Waals surface area (Å²) < 4.78 is 5.72. The Bertz CT molecular complexity index is 499. The van der Waals surface area contributed by atoms with Crippen molar-refractivity contribution in [1.29, 1.82) is 0 Å². The van der Waals surface area contributed by atoms with Crippen LogP contribution in [0.1, 0.15) is 31.6 Å². The molecule has 1 aliphatic rings. The van der Waals surface area contributed by atoms with E-state index in [2.05, 4.69) is 11.9 Å². The highest BCUT2D eigenvalue weighted by atomic mass is 16.3. The van der Waals surface area contributed by atoms with E-state index < -0.39 is 0 Å². The third-order valence-corrected chi connectivity index (χ3v) is 3.19. The van der Waals surface area contributed by atoms with Gasteiger partial charge in [0.1, 0.15) is 5.52 Å². The Balaban J connectivity index is 2.09. The van der Waals surface area contributed by atoms with E-state index >= 15 is 0 Å². The summed E-state index contributed by atoms with van der Waals surface area (Å²) in [5, 5.41) is 0. The Morgan fingerprint density at radius 3 is 2.93 bits per heavy atom. The first-order valence-electron chi connectivity index (χ1n) is 5.40. The largest absolute Gasteiger partial charge is 0.440 e. The van der Waals surface area contributed by atoms with Gasteiger partial charge in [-0.15, -0.1) is 0 Å². The Labute approximate surface area is 88.3 Å². The molecule has 78 valence electrons. The fourth-order valence-electron chi connectivity index (χ4n) is 1.98. The normalized spacial score (nSPS) is 18.2.